The summed E-state index contributed by atoms with van der Waals surface area (Å²) in [5, 5.41) is 11.8. The van der Waals surface area contributed by atoms with E-state index < -0.39 is 5.97 Å². The van der Waals surface area contributed by atoms with Crippen molar-refractivity contribution >= 4 is 23.3 Å². The normalized spacial score (nSPS) is 15.7. The van der Waals surface area contributed by atoms with Gasteiger partial charge in [0, 0.05) is 17.8 Å². The average Bonchev–Trinajstić information content (AvgIpc) is 3.13. The number of piperidine rings is 1. The van der Waals surface area contributed by atoms with Gasteiger partial charge in [0.2, 0.25) is 0 Å². The van der Waals surface area contributed by atoms with Crippen LogP contribution >= 0.6 is 11.3 Å². The Kier molecular flexibility index (Phi) is 6.00. The second-order valence-corrected chi connectivity index (χ2v) is 7.23. The van der Waals surface area contributed by atoms with E-state index >= 15 is 0 Å². The highest BCUT2D eigenvalue weighted by Gasteiger charge is 2.24. The zero-order valence-corrected chi connectivity index (χ0v) is 15.5. The van der Waals surface area contributed by atoms with Crippen molar-refractivity contribution in [3.8, 4) is 0 Å². The Balaban J connectivity index is 1.52. The lowest BCUT2D eigenvalue weighted by molar-refractivity contribution is 0.0519. The summed E-state index contributed by atoms with van der Waals surface area (Å²) >= 11 is 1.53. The Morgan fingerprint density at radius 1 is 1.27 bits per heavy atom. The van der Waals surface area contributed by atoms with Crippen LogP contribution in [0.2, 0.25) is 0 Å². The fourth-order valence-corrected chi connectivity index (χ4v) is 4.08. The van der Waals surface area contributed by atoms with Gasteiger partial charge in [-0.25, -0.2) is 14.6 Å². The summed E-state index contributed by atoms with van der Waals surface area (Å²) in [6, 6.07) is 7.05. The van der Waals surface area contributed by atoms with Crippen molar-refractivity contribution in [1.29, 1.82) is 0 Å². The third-order valence-electron chi connectivity index (χ3n) is 4.55. The minimum absolute atomic E-state index is 0.314. The second-order valence-electron chi connectivity index (χ2n) is 6.34. The highest BCUT2D eigenvalue weighted by molar-refractivity contribution is 7.09. The number of carbonyl (C=O) groups excluding carboxylic acids is 1. The molecule has 1 aliphatic heterocycles. The maximum atomic E-state index is 11.7. The molecule has 1 aromatic carbocycles. The minimum atomic E-state index is -0.900. The number of carboxylic acids is 1. The van der Waals surface area contributed by atoms with Crippen LogP contribution in [0.25, 0.3) is 0 Å². The predicted molar refractivity (Wildman–Crippen MR) is 98.7 cm³/mol. The van der Waals surface area contributed by atoms with Crippen molar-refractivity contribution in [2.75, 3.05) is 19.7 Å². The summed E-state index contributed by atoms with van der Waals surface area (Å²) < 4.78 is 5.00. The molecule has 1 saturated heterocycles. The smallest absolute Gasteiger partial charge is 0.357 e. The van der Waals surface area contributed by atoms with Crippen molar-refractivity contribution < 1.29 is 19.4 Å². The maximum absolute atomic E-state index is 11.7. The Bertz CT molecular complexity index is 764. The molecular weight excluding hydrogens is 352 g/mol. The van der Waals surface area contributed by atoms with E-state index in [1.807, 2.05) is 12.1 Å². The summed E-state index contributed by atoms with van der Waals surface area (Å²) in [7, 11) is 0. The molecule has 0 aliphatic carbocycles. The Hall–Kier alpha value is -2.25. The number of esters is 1. The molecule has 3 rings (SSSR count). The Morgan fingerprint density at radius 2 is 1.96 bits per heavy atom. The molecule has 2 heterocycles. The lowest BCUT2D eigenvalue weighted by Gasteiger charge is -2.31. The van der Waals surface area contributed by atoms with E-state index in [9.17, 15) is 9.59 Å². The number of carboxylic acid groups (broad SMARTS) is 1. The van der Waals surface area contributed by atoms with Crippen LogP contribution in [0.1, 0.15) is 57.1 Å². The molecule has 1 aromatic heterocycles. The maximum Gasteiger partial charge on any atom is 0.357 e. The Labute approximate surface area is 156 Å². The van der Waals surface area contributed by atoms with Crippen LogP contribution in [0, 0.1) is 0 Å². The number of hydrogen-bond acceptors (Lipinski definition) is 6. The summed E-state index contributed by atoms with van der Waals surface area (Å²) in [6.07, 6.45) is 2.01. The number of nitrogens with zero attached hydrogens (tertiary/aromatic N) is 2. The molecule has 1 aliphatic rings. The van der Waals surface area contributed by atoms with Gasteiger partial charge in [0.05, 0.1) is 17.2 Å². The summed E-state index contributed by atoms with van der Waals surface area (Å²) in [5.41, 5.74) is 1.84. The largest absolute Gasteiger partial charge is 0.478 e. The van der Waals surface area contributed by atoms with Crippen LogP contribution < -0.4 is 0 Å². The zero-order chi connectivity index (χ0) is 18.5. The van der Waals surface area contributed by atoms with E-state index in [0.717, 1.165) is 43.0 Å². The summed E-state index contributed by atoms with van der Waals surface area (Å²) in [6.45, 7) is 4.88. The first-order chi connectivity index (χ1) is 12.6. The molecule has 0 saturated carbocycles. The number of aromatic carboxylic acids is 1. The van der Waals surface area contributed by atoms with Crippen molar-refractivity contribution in [2.45, 2.75) is 32.2 Å². The molecule has 2 aromatic rings. The molecular formula is C19H22N2O4S. The topological polar surface area (TPSA) is 79.7 Å². The molecule has 1 N–H and O–H groups in total. The number of carbonyl (C=O) groups is 2. The third-order valence-corrected chi connectivity index (χ3v) is 5.56. The molecule has 0 amide bonds. The lowest BCUT2D eigenvalue weighted by Crippen LogP contribution is -2.32. The van der Waals surface area contributed by atoms with Crippen molar-refractivity contribution in [3.63, 3.8) is 0 Å². The standard InChI is InChI=1S/C19H22N2O4S/c1-2-25-19(24)16-12-26-17(20-16)14-7-9-21(10-8-14)11-13-3-5-15(6-4-13)18(22)23/h3-6,12,14H,2,7-11H2,1H3,(H,22,23). The van der Waals surface area contributed by atoms with Gasteiger partial charge in [-0.15, -0.1) is 11.3 Å². The Morgan fingerprint density at radius 3 is 2.58 bits per heavy atom. The first-order valence-corrected chi connectivity index (χ1v) is 9.62. The van der Waals surface area contributed by atoms with E-state index in [-0.39, 0.29) is 5.97 Å². The van der Waals surface area contributed by atoms with E-state index in [0.29, 0.717) is 23.8 Å². The SMILES string of the molecule is CCOC(=O)c1csc(C2CCN(Cc3ccc(C(=O)O)cc3)CC2)n1. The zero-order valence-electron chi connectivity index (χ0n) is 14.7. The molecule has 0 atom stereocenters. The van der Waals surface area contributed by atoms with Gasteiger partial charge in [0.15, 0.2) is 5.69 Å². The molecule has 0 bridgehead atoms. The van der Waals surface area contributed by atoms with Crippen LogP contribution in [0.4, 0.5) is 0 Å². The van der Waals surface area contributed by atoms with Gasteiger partial charge in [0.25, 0.3) is 0 Å². The highest BCUT2D eigenvalue weighted by Crippen LogP contribution is 2.31. The summed E-state index contributed by atoms with van der Waals surface area (Å²) in [5.74, 6) is -0.867. The number of rotatable bonds is 6. The number of hydrogen-bond donors (Lipinski definition) is 1. The molecule has 0 unspecified atom stereocenters. The molecule has 7 heteroatoms. The third kappa shape index (κ3) is 4.47. The molecule has 0 spiro atoms. The molecule has 0 radical (unpaired) electrons. The van der Waals surface area contributed by atoms with Gasteiger partial charge < -0.3 is 9.84 Å². The van der Waals surface area contributed by atoms with Gasteiger partial charge in [-0.05, 0) is 50.6 Å². The van der Waals surface area contributed by atoms with Crippen molar-refractivity contribution in [1.82, 2.24) is 9.88 Å². The fraction of sp³-hybridized carbons (Fsp3) is 0.421. The number of benzene rings is 1. The van der Waals surface area contributed by atoms with Crippen LogP contribution in [-0.2, 0) is 11.3 Å². The highest BCUT2D eigenvalue weighted by atomic mass is 32.1. The quantitative estimate of drug-likeness (QED) is 0.781. The molecule has 6 nitrogen and oxygen atoms in total. The van der Waals surface area contributed by atoms with Crippen LogP contribution in [-0.4, -0.2) is 46.6 Å². The van der Waals surface area contributed by atoms with E-state index in [1.165, 1.54) is 11.3 Å². The number of likely N-dealkylation sites (tertiary alicyclic amines) is 1. The second kappa shape index (κ2) is 8.42. The van der Waals surface area contributed by atoms with Crippen LogP contribution in [0.3, 0.4) is 0 Å². The first-order valence-electron chi connectivity index (χ1n) is 8.74. The van der Waals surface area contributed by atoms with Gasteiger partial charge in [-0.3, -0.25) is 4.90 Å². The molecule has 26 heavy (non-hydrogen) atoms. The monoisotopic (exact) mass is 374 g/mol. The predicted octanol–water partition coefficient (Wildman–Crippen LogP) is 3.40. The van der Waals surface area contributed by atoms with Crippen LogP contribution in [0.5, 0.6) is 0 Å². The van der Waals surface area contributed by atoms with Gasteiger partial charge >= 0.3 is 11.9 Å². The number of thiazole rings is 1. The minimum Gasteiger partial charge on any atom is -0.478 e. The fourth-order valence-electron chi connectivity index (χ4n) is 3.12. The van der Waals surface area contributed by atoms with Gasteiger partial charge in [-0.2, -0.15) is 0 Å². The van der Waals surface area contributed by atoms with E-state index in [4.69, 9.17) is 9.84 Å². The van der Waals surface area contributed by atoms with E-state index in [2.05, 4.69) is 9.88 Å². The lowest BCUT2D eigenvalue weighted by atomic mass is 9.97. The molecule has 1 fully saturated rings. The number of ether oxygens (including phenoxy) is 1. The van der Waals surface area contributed by atoms with Crippen molar-refractivity contribution in [2.24, 2.45) is 0 Å². The number of aromatic nitrogens is 1. The summed E-state index contributed by atoms with van der Waals surface area (Å²) in [4.78, 5) is 29.5. The van der Waals surface area contributed by atoms with Gasteiger partial charge in [-0.1, -0.05) is 12.1 Å². The molecule has 138 valence electrons. The first kappa shape index (κ1) is 18.5. The average molecular weight is 374 g/mol. The van der Waals surface area contributed by atoms with E-state index in [1.54, 1.807) is 24.4 Å². The van der Waals surface area contributed by atoms with Gasteiger partial charge in [0.1, 0.15) is 0 Å². The van der Waals surface area contributed by atoms with Crippen LogP contribution in [0.15, 0.2) is 29.6 Å². The van der Waals surface area contributed by atoms with Crippen molar-refractivity contribution in [3.05, 3.63) is 51.5 Å².